The van der Waals surface area contributed by atoms with Gasteiger partial charge in [-0.15, -0.1) is 12.4 Å². The summed E-state index contributed by atoms with van der Waals surface area (Å²) in [6, 6.07) is 15.9. The number of hydrogen-bond donors (Lipinski definition) is 1. The van der Waals surface area contributed by atoms with Gasteiger partial charge in [0.2, 0.25) is 0 Å². The van der Waals surface area contributed by atoms with Gasteiger partial charge in [0, 0.05) is 5.56 Å². The second-order valence-corrected chi connectivity index (χ2v) is 6.16. The second-order valence-electron chi connectivity index (χ2n) is 6.16. The Hall–Kier alpha value is -1.84. The maximum absolute atomic E-state index is 11.3. The predicted molar refractivity (Wildman–Crippen MR) is 100 cm³/mol. The summed E-state index contributed by atoms with van der Waals surface area (Å²) in [6.07, 6.45) is 2.39. The SMILES string of the molecule is CC(=O)c1ccc(-c2ccc(OCC3CCNCC3)cc2)cc1.Cl. The van der Waals surface area contributed by atoms with Gasteiger partial charge < -0.3 is 10.1 Å². The Morgan fingerprint density at radius 2 is 1.54 bits per heavy atom. The Morgan fingerprint density at radius 3 is 2.08 bits per heavy atom. The highest BCUT2D eigenvalue weighted by atomic mass is 35.5. The summed E-state index contributed by atoms with van der Waals surface area (Å²) in [6.45, 7) is 4.59. The van der Waals surface area contributed by atoms with E-state index >= 15 is 0 Å². The third kappa shape index (κ3) is 4.83. The van der Waals surface area contributed by atoms with Crippen molar-refractivity contribution in [3.8, 4) is 16.9 Å². The molecule has 0 aromatic heterocycles. The quantitative estimate of drug-likeness (QED) is 0.818. The lowest BCUT2D eigenvalue weighted by molar-refractivity contribution is 0.101. The first-order valence-electron chi connectivity index (χ1n) is 8.27. The van der Waals surface area contributed by atoms with Crippen LogP contribution in [-0.2, 0) is 0 Å². The van der Waals surface area contributed by atoms with Gasteiger partial charge >= 0.3 is 0 Å². The molecule has 1 saturated heterocycles. The monoisotopic (exact) mass is 345 g/mol. The van der Waals surface area contributed by atoms with Crippen LogP contribution in [0.2, 0.25) is 0 Å². The van der Waals surface area contributed by atoms with Crippen molar-refractivity contribution in [2.75, 3.05) is 19.7 Å². The van der Waals surface area contributed by atoms with Crippen molar-refractivity contribution in [2.45, 2.75) is 19.8 Å². The molecule has 0 aliphatic carbocycles. The summed E-state index contributed by atoms with van der Waals surface area (Å²) in [7, 11) is 0. The van der Waals surface area contributed by atoms with E-state index in [1.54, 1.807) is 6.92 Å². The number of carbonyl (C=O) groups excluding carboxylic acids is 1. The normalized spacial score (nSPS) is 14.7. The lowest BCUT2D eigenvalue weighted by atomic mass is 9.99. The Morgan fingerprint density at radius 1 is 1.00 bits per heavy atom. The molecular formula is C20H24ClNO2. The van der Waals surface area contributed by atoms with Crippen LogP contribution >= 0.6 is 12.4 Å². The number of carbonyl (C=O) groups is 1. The highest BCUT2D eigenvalue weighted by Gasteiger charge is 2.13. The van der Waals surface area contributed by atoms with E-state index in [2.05, 4.69) is 17.4 Å². The van der Waals surface area contributed by atoms with E-state index in [4.69, 9.17) is 4.74 Å². The zero-order valence-corrected chi connectivity index (χ0v) is 14.8. The van der Waals surface area contributed by atoms with E-state index in [1.807, 2.05) is 36.4 Å². The molecule has 0 spiro atoms. The molecule has 0 atom stereocenters. The van der Waals surface area contributed by atoms with Gasteiger partial charge in [-0.3, -0.25) is 4.79 Å². The fourth-order valence-electron chi connectivity index (χ4n) is 2.90. The van der Waals surface area contributed by atoms with Crippen LogP contribution in [0.15, 0.2) is 48.5 Å². The van der Waals surface area contributed by atoms with Gasteiger partial charge in [-0.25, -0.2) is 0 Å². The highest BCUT2D eigenvalue weighted by Crippen LogP contribution is 2.24. The van der Waals surface area contributed by atoms with Gasteiger partial charge in [0.05, 0.1) is 6.61 Å². The van der Waals surface area contributed by atoms with Crippen LogP contribution in [0.1, 0.15) is 30.1 Å². The molecule has 2 aromatic rings. The van der Waals surface area contributed by atoms with Crippen LogP contribution in [0, 0.1) is 5.92 Å². The summed E-state index contributed by atoms with van der Waals surface area (Å²) in [4.78, 5) is 11.3. The van der Waals surface area contributed by atoms with Crippen LogP contribution in [0.25, 0.3) is 11.1 Å². The number of halogens is 1. The van der Waals surface area contributed by atoms with Gasteiger partial charge in [0.25, 0.3) is 0 Å². The van der Waals surface area contributed by atoms with Crippen molar-refractivity contribution < 1.29 is 9.53 Å². The smallest absolute Gasteiger partial charge is 0.159 e. The number of piperidine rings is 1. The molecule has 0 radical (unpaired) electrons. The van der Waals surface area contributed by atoms with Crippen molar-refractivity contribution in [2.24, 2.45) is 5.92 Å². The molecule has 1 aliphatic heterocycles. The van der Waals surface area contributed by atoms with E-state index in [1.165, 1.54) is 12.8 Å². The molecule has 128 valence electrons. The van der Waals surface area contributed by atoms with E-state index in [0.29, 0.717) is 5.92 Å². The largest absolute Gasteiger partial charge is 0.493 e. The molecule has 0 saturated carbocycles. The molecule has 1 aliphatic rings. The van der Waals surface area contributed by atoms with Gasteiger partial charge in [-0.1, -0.05) is 36.4 Å². The van der Waals surface area contributed by atoms with Crippen molar-refractivity contribution in [1.29, 1.82) is 0 Å². The fourth-order valence-corrected chi connectivity index (χ4v) is 2.90. The molecule has 0 unspecified atom stereocenters. The van der Waals surface area contributed by atoms with E-state index in [9.17, 15) is 4.79 Å². The predicted octanol–water partition coefficient (Wildman–Crippen LogP) is 4.36. The number of nitrogens with one attached hydrogen (secondary N) is 1. The molecular weight excluding hydrogens is 322 g/mol. The summed E-state index contributed by atoms with van der Waals surface area (Å²) in [5, 5.41) is 3.37. The second kappa shape index (κ2) is 8.86. The molecule has 1 fully saturated rings. The van der Waals surface area contributed by atoms with Crippen molar-refractivity contribution in [3.63, 3.8) is 0 Å². The maximum Gasteiger partial charge on any atom is 0.159 e. The van der Waals surface area contributed by atoms with E-state index in [0.717, 1.165) is 42.1 Å². The number of hydrogen-bond acceptors (Lipinski definition) is 3. The van der Waals surface area contributed by atoms with Gasteiger partial charge in [-0.2, -0.15) is 0 Å². The molecule has 0 amide bonds. The van der Waals surface area contributed by atoms with Crippen LogP contribution in [-0.4, -0.2) is 25.5 Å². The molecule has 0 bridgehead atoms. The lowest BCUT2D eigenvalue weighted by Crippen LogP contribution is -2.30. The van der Waals surface area contributed by atoms with Crippen LogP contribution in [0.3, 0.4) is 0 Å². The Bertz CT molecular complexity index is 646. The number of benzene rings is 2. The fraction of sp³-hybridized carbons (Fsp3) is 0.350. The first kappa shape index (κ1) is 18.5. The average molecular weight is 346 g/mol. The minimum absolute atomic E-state index is 0. The first-order valence-corrected chi connectivity index (χ1v) is 8.27. The Balaban J connectivity index is 0.00000208. The number of ketones is 1. The third-order valence-corrected chi connectivity index (χ3v) is 4.42. The molecule has 2 aromatic carbocycles. The van der Waals surface area contributed by atoms with Gasteiger partial charge in [-0.05, 0) is 62.0 Å². The number of ether oxygens (including phenoxy) is 1. The number of rotatable bonds is 5. The van der Waals surface area contributed by atoms with E-state index in [-0.39, 0.29) is 18.2 Å². The van der Waals surface area contributed by atoms with Crippen LogP contribution in [0.4, 0.5) is 0 Å². The Kier molecular flexibility index (Phi) is 6.83. The summed E-state index contributed by atoms with van der Waals surface area (Å²) < 4.78 is 5.91. The topological polar surface area (TPSA) is 38.3 Å². The minimum Gasteiger partial charge on any atom is -0.493 e. The summed E-state index contributed by atoms with van der Waals surface area (Å²) >= 11 is 0. The van der Waals surface area contributed by atoms with Crippen molar-refractivity contribution >= 4 is 18.2 Å². The van der Waals surface area contributed by atoms with Crippen molar-refractivity contribution in [1.82, 2.24) is 5.32 Å². The molecule has 4 heteroatoms. The molecule has 3 rings (SSSR count). The third-order valence-electron chi connectivity index (χ3n) is 4.42. The molecule has 24 heavy (non-hydrogen) atoms. The zero-order valence-electron chi connectivity index (χ0n) is 14.0. The first-order chi connectivity index (χ1) is 11.2. The minimum atomic E-state index is 0. The van der Waals surface area contributed by atoms with Crippen LogP contribution in [0.5, 0.6) is 5.75 Å². The van der Waals surface area contributed by atoms with E-state index < -0.39 is 0 Å². The molecule has 3 nitrogen and oxygen atoms in total. The van der Waals surface area contributed by atoms with Gasteiger partial charge in [0.1, 0.15) is 5.75 Å². The standard InChI is InChI=1S/C20H23NO2.ClH/c1-15(22)17-2-4-18(5-3-17)19-6-8-20(9-7-19)23-14-16-10-12-21-13-11-16;/h2-9,16,21H,10-14H2,1H3;1H. The lowest BCUT2D eigenvalue weighted by Gasteiger charge is -2.22. The Labute approximate surface area is 149 Å². The van der Waals surface area contributed by atoms with Gasteiger partial charge in [0.15, 0.2) is 5.78 Å². The molecule has 1 heterocycles. The maximum atomic E-state index is 11.3. The van der Waals surface area contributed by atoms with Crippen molar-refractivity contribution in [3.05, 3.63) is 54.1 Å². The zero-order chi connectivity index (χ0) is 16.1. The summed E-state index contributed by atoms with van der Waals surface area (Å²) in [5.74, 6) is 1.68. The highest BCUT2D eigenvalue weighted by molar-refractivity contribution is 5.94. The van der Waals surface area contributed by atoms with Crippen LogP contribution < -0.4 is 10.1 Å². The number of Topliss-reactive ketones (excluding diaryl/α,β-unsaturated/α-hetero) is 1. The molecule has 1 N–H and O–H groups in total. The summed E-state index contributed by atoms with van der Waals surface area (Å²) in [5.41, 5.74) is 2.99. The average Bonchev–Trinajstić information content (AvgIpc) is 2.61.